The Balaban J connectivity index is 1.35. The molecule has 2 aromatic heterocycles. The number of aromatic nitrogens is 3. The Hall–Kier alpha value is -2.76. The Morgan fingerprint density at radius 3 is 3.07 bits per heavy atom. The van der Waals surface area contributed by atoms with Gasteiger partial charge < -0.3 is 14.6 Å². The molecule has 27 heavy (non-hydrogen) atoms. The third-order valence-corrected chi connectivity index (χ3v) is 5.26. The molecular weight excluding hydrogens is 336 g/mol. The van der Waals surface area contributed by atoms with Crippen LogP contribution in [-0.4, -0.2) is 27.7 Å². The SMILES string of the molecule is Cc1cccc2c1nc1n2[C@@H](CNCc2cnc3ccccc3c2)COC1. The van der Waals surface area contributed by atoms with Gasteiger partial charge in [0.15, 0.2) is 0 Å². The first-order valence-electron chi connectivity index (χ1n) is 9.38. The molecule has 0 spiro atoms. The Bertz CT molecular complexity index is 1120. The Morgan fingerprint density at radius 1 is 1.19 bits per heavy atom. The molecule has 4 aromatic rings. The van der Waals surface area contributed by atoms with Crippen molar-refractivity contribution in [2.24, 2.45) is 0 Å². The minimum Gasteiger partial charge on any atom is -0.371 e. The molecule has 0 saturated carbocycles. The maximum Gasteiger partial charge on any atom is 0.136 e. The second kappa shape index (κ2) is 6.76. The molecule has 1 N–H and O–H groups in total. The van der Waals surface area contributed by atoms with Crippen molar-refractivity contribution in [3.63, 3.8) is 0 Å². The molecular formula is C22H22N4O. The van der Waals surface area contributed by atoms with E-state index in [0.717, 1.165) is 29.9 Å². The first-order valence-corrected chi connectivity index (χ1v) is 9.38. The molecule has 0 fully saturated rings. The lowest BCUT2D eigenvalue weighted by Crippen LogP contribution is -2.32. The summed E-state index contributed by atoms with van der Waals surface area (Å²) in [6, 6.07) is 17.0. The van der Waals surface area contributed by atoms with Crippen molar-refractivity contribution in [1.29, 1.82) is 0 Å². The van der Waals surface area contributed by atoms with Crippen LogP contribution >= 0.6 is 0 Å². The molecule has 5 rings (SSSR count). The number of para-hydroxylation sites is 2. The number of aryl methyl sites for hydroxylation is 1. The zero-order chi connectivity index (χ0) is 18.2. The maximum absolute atomic E-state index is 5.80. The van der Waals surface area contributed by atoms with Crippen molar-refractivity contribution < 1.29 is 4.74 Å². The van der Waals surface area contributed by atoms with Gasteiger partial charge in [-0.25, -0.2) is 4.98 Å². The standard InChI is InChI=1S/C22H22N4O/c1-15-5-4-8-20-22(15)25-21-14-27-13-18(26(20)21)12-23-10-16-9-17-6-2-3-7-19(17)24-11-16/h2-9,11,18,23H,10,12-14H2,1H3/t18-/m0/s1. The molecule has 0 amide bonds. The van der Waals surface area contributed by atoms with E-state index in [9.17, 15) is 0 Å². The van der Waals surface area contributed by atoms with Gasteiger partial charge in [-0.05, 0) is 36.2 Å². The molecule has 1 aliphatic heterocycles. The minimum absolute atomic E-state index is 0.244. The molecule has 5 heteroatoms. The lowest BCUT2D eigenvalue weighted by atomic mass is 10.1. The van der Waals surface area contributed by atoms with E-state index < -0.39 is 0 Å². The zero-order valence-corrected chi connectivity index (χ0v) is 15.4. The summed E-state index contributed by atoms with van der Waals surface area (Å²) in [4.78, 5) is 9.35. The molecule has 5 nitrogen and oxygen atoms in total. The Morgan fingerprint density at radius 2 is 2.11 bits per heavy atom. The van der Waals surface area contributed by atoms with Crippen LogP contribution in [0.5, 0.6) is 0 Å². The van der Waals surface area contributed by atoms with Crippen LogP contribution < -0.4 is 5.32 Å². The predicted octanol–water partition coefficient (Wildman–Crippen LogP) is 3.75. The number of hydrogen-bond acceptors (Lipinski definition) is 4. The third-order valence-electron chi connectivity index (χ3n) is 5.26. The van der Waals surface area contributed by atoms with Crippen LogP contribution in [0.1, 0.15) is 23.0 Å². The minimum atomic E-state index is 0.244. The molecule has 0 unspecified atom stereocenters. The number of ether oxygens (including phenoxy) is 1. The number of nitrogens with one attached hydrogen (secondary N) is 1. The molecule has 2 aromatic carbocycles. The van der Waals surface area contributed by atoms with Gasteiger partial charge in [0.1, 0.15) is 12.4 Å². The van der Waals surface area contributed by atoms with Gasteiger partial charge in [0.05, 0.1) is 29.2 Å². The van der Waals surface area contributed by atoms with Crippen LogP contribution in [0.25, 0.3) is 21.9 Å². The monoisotopic (exact) mass is 358 g/mol. The molecule has 1 atom stereocenters. The quantitative estimate of drug-likeness (QED) is 0.604. The van der Waals surface area contributed by atoms with E-state index in [1.807, 2.05) is 24.4 Å². The summed E-state index contributed by atoms with van der Waals surface area (Å²) in [5.74, 6) is 1.02. The highest BCUT2D eigenvalue weighted by Crippen LogP contribution is 2.27. The van der Waals surface area contributed by atoms with Crippen LogP contribution in [0.2, 0.25) is 0 Å². The van der Waals surface area contributed by atoms with E-state index in [2.05, 4.69) is 52.1 Å². The molecule has 0 bridgehead atoms. The van der Waals surface area contributed by atoms with Crippen molar-refractivity contribution in [1.82, 2.24) is 19.9 Å². The van der Waals surface area contributed by atoms with E-state index in [0.29, 0.717) is 13.2 Å². The fourth-order valence-electron chi connectivity index (χ4n) is 3.92. The van der Waals surface area contributed by atoms with Gasteiger partial charge in [-0.3, -0.25) is 4.98 Å². The van der Waals surface area contributed by atoms with Crippen molar-refractivity contribution in [2.45, 2.75) is 26.1 Å². The van der Waals surface area contributed by atoms with E-state index in [4.69, 9.17) is 9.72 Å². The molecule has 3 heterocycles. The normalized spacial score (nSPS) is 16.7. The smallest absolute Gasteiger partial charge is 0.136 e. The lowest BCUT2D eigenvalue weighted by Gasteiger charge is -2.26. The molecule has 0 saturated heterocycles. The topological polar surface area (TPSA) is 52.0 Å². The highest BCUT2D eigenvalue weighted by molar-refractivity contribution is 5.80. The van der Waals surface area contributed by atoms with Gasteiger partial charge in [0.25, 0.3) is 0 Å². The van der Waals surface area contributed by atoms with Crippen molar-refractivity contribution >= 4 is 21.9 Å². The summed E-state index contributed by atoms with van der Waals surface area (Å²) < 4.78 is 8.15. The van der Waals surface area contributed by atoms with Crippen LogP contribution in [0.3, 0.4) is 0 Å². The first-order chi connectivity index (χ1) is 13.3. The summed E-state index contributed by atoms with van der Waals surface area (Å²) in [5, 5.41) is 4.75. The summed E-state index contributed by atoms with van der Waals surface area (Å²) >= 11 is 0. The summed E-state index contributed by atoms with van der Waals surface area (Å²) in [6.45, 7) is 5.02. The van der Waals surface area contributed by atoms with Crippen LogP contribution in [0.4, 0.5) is 0 Å². The second-order valence-corrected chi connectivity index (χ2v) is 7.18. The number of imidazole rings is 1. The van der Waals surface area contributed by atoms with E-state index in [1.54, 1.807) is 0 Å². The van der Waals surface area contributed by atoms with Crippen LogP contribution in [0, 0.1) is 6.92 Å². The molecule has 1 aliphatic rings. The highest BCUT2D eigenvalue weighted by Gasteiger charge is 2.24. The lowest BCUT2D eigenvalue weighted by molar-refractivity contribution is 0.0564. The van der Waals surface area contributed by atoms with Gasteiger partial charge in [-0.15, -0.1) is 0 Å². The zero-order valence-electron chi connectivity index (χ0n) is 15.4. The predicted molar refractivity (Wildman–Crippen MR) is 107 cm³/mol. The Kier molecular flexibility index (Phi) is 4.11. The summed E-state index contributed by atoms with van der Waals surface area (Å²) in [6.07, 6.45) is 1.95. The Labute approximate surface area is 158 Å². The maximum atomic E-state index is 5.80. The van der Waals surface area contributed by atoms with Crippen molar-refractivity contribution in [2.75, 3.05) is 13.2 Å². The van der Waals surface area contributed by atoms with Crippen LogP contribution in [0.15, 0.2) is 54.7 Å². The van der Waals surface area contributed by atoms with Gasteiger partial charge in [-0.2, -0.15) is 0 Å². The number of hydrogen-bond donors (Lipinski definition) is 1. The number of pyridine rings is 1. The van der Waals surface area contributed by atoms with Gasteiger partial charge in [0, 0.05) is 24.7 Å². The fourth-order valence-corrected chi connectivity index (χ4v) is 3.92. The first kappa shape index (κ1) is 16.4. The molecule has 0 aliphatic carbocycles. The van der Waals surface area contributed by atoms with Gasteiger partial charge >= 0.3 is 0 Å². The van der Waals surface area contributed by atoms with E-state index in [-0.39, 0.29) is 6.04 Å². The average molecular weight is 358 g/mol. The second-order valence-electron chi connectivity index (χ2n) is 7.18. The van der Waals surface area contributed by atoms with Crippen molar-refractivity contribution in [3.8, 4) is 0 Å². The third kappa shape index (κ3) is 2.99. The van der Waals surface area contributed by atoms with Gasteiger partial charge in [0.2, 0.25) is 0 Å². The van der Waals surface area contributed by atoms with Gasteiger partial charge in [-0.1, -0.05) is 30.3 Å². The summed E-state index contributed by atoms with van der Waals surface area (Å²) in [5.41, 5.74) is 5.72. The van der Waals surface area contributed by atoms with Crippen molar-refractivity contribution in [3.05, 3.63) is 71.7 Å². The number of nitrogens with zero attached hydrogens (tertiary/aromatic N) is 3. The number of benzene rings is 2. The molecule has 0 radical (unpaired) electrons. The largest absolute Gasteiger partial charge is 0.371 e. The average Bonchev–Trinajstić information content (AvgIpc) is 3.09. The number of rotatable bonds is 4. The molecule has 136 valence electrons. The summed E-state index contributed by atoms with van der Waals surface area (Å²) in [7, 11) is 0. The number of fused-ring (bicyclic) bond motifs is 4. The van der Waals surface area contributed by atoms with E-state index in [1.165, 1.54) is 22.0 Å². The highest BCUT2D eigenvalue weighted by atomic mass is 16.5. The van der Waals surface area contributed by atoms with E-state index >= 15 is 0 Å². The van der Waals surface area contributed by atoms with Crippen LogP contribution in [-0.2, 0) is 17.9 Å². The fraction of sp³-hybridized carbons (Fsp3) is 0.273.